The highest BCUT2D eigenvalue weighted by atomic mass is 19.2. The van der Waals surface area contributed by atoms with E-state index in [1.54, 1.807) is 0 Å². The van der Waals surface area contributed by atoms with Crippen LogP contribution in [-0.2, 0) is 0 Å². The van der Waals surface area contributed by atoms with Crippen molar-refractivity contribution in [1.29, 1.82) is 0 Å². The van der Waals surface area contributed by atoms with Crippen LogP contribution in [-0.4, -0.2) is 12.7 Å². The average molecular weight is 753 g/mol. The second-order valence-electron chi connectivity index (χ2n) is 10.0. The summed E-state index contributed by atoms with van der Waals surface area (Å²) in [7, 11) is 0. The van der Waals surface area contributed by atoms with Gasteiger partial charge in [0, 0.05) is 0 Å². The molecule has 1 nitrogen and oxygen atoms in total. The first-order valence-corrected chi connectivity index (χ1v) is 13.1. The zero-order valence-corrected chi connectivity index (χ0v) is 24.0. The topological polar surface area (TPSA) is 27.6 Å². The molecule has 0 fully saturated rings. The van der Waals surface area contributed by atoms with E-state index in [9.17, 15) is 52.7 Å². The molecular weight excluding hydrogens is 741 g/mol. The smallest absolute Gasteiger partial charge is 0.200 e. The van der Waals surface area contributed by atoms with Crippen LogP contribution in [0.4, 0.5) is 87.8 Å². The maximum absolute atomic E-state index is 15.4. The number of hydrogen-bond donors (Lipinski definition) is 1. The van der Waals surface area contributed by atoms with Crippen molar-refractivity contribution in [2.45, 2.75) is 19.8 Å². The van der Waals surface area contributed by atoms with E-state index >= 15 is 35.1 Å². The third-order valence-electron chi connectivity index (χ3n) is 7.31. The SMILES string of the molecule is CCCC[NH3+].Fc1c(F)c(F)c([B-](c2c(F)c(F)c(F)c(F)c2F)(c2c(F)c(F)c(F)c(F)c2F)c2c(F)c(F)c(F)c(F)c2F)c(F)c1F. The molecule has 4 rings (SSSR count). The molecule has 0 bridgehead atoms. The van der Waals surface area contributed by atoms with Gasteiger partial charge in [-0.3, -0.25) is 0 Å². The fourth-order valence-electron chi connectivity index (χ4n) is 5.12. The molecule has 0 spiro atoms. The molecule has 4 aromatic carbocycles. The highest BCUT2D eigenvalue weighted by Gasteiger charge is 2.52. The van der Waals surface area contributed by atoms with Gasteiger partial charge < -0.3 is 5.73 Å². The molecule has 0 radical (unpaired) electrons. The zero-order chi connectivity index (χ0) is 38.5. The minimum atomic E-state index is -7.22. The lowest BCUT2D eigenvalue weighted by atomic mass is 9.12. The first-order valence-electron chi connectivity index (χ1n) is 13.1. The van der Waals surface area contributed by atoms with Crippen LogP contribution in [0.25, 0.3) is 0 Å². The van der Waals surface area contributed by atoms with Gasteiger partial charge in [-0.25, -0.2) is 87.8 Å². The molecule has 3 N–H and O–H groups in total. The average Bonchev–Trinajstić information content (AvgIpc) is 3.08. The van der Waals surface area contributed by atoms with Crippen LogP contribution in [0.5, 0.6) is 0 Å². The van der Waals surface area contributed by atoms with E-state index in [0.29, 0.717) is 0 Å². The number of unbranched alkanes of at least 4 members (excludes halogenated alkanes) is 1. The normalized spacial score (nSPS) is 11.6. The van der Waals surface area contributed by atoms with Crippen molar-refractivity contribution >= 4 is 28.0 Å². The summed E-state index contributed by atoms with van der Waals surface area (Å²) in [5.41, 5.74) is -10.7. The Hall–Kier alpha value is -4.50. The highest BCUT2D eigenvalue weighted by molar-refractivity contribution is 7.20. The van der Waals surface area contributed by atoms with E-state index in [2.05, 4.69) is 12.7 Å². The van der Waals surface area contributed by atoms with Crippen LogP contribution in [0, 0.1) is 116 Å². The van der Waals surface area contributed by atoms with Crippen LogP contribution in [0.2, 0.25) is 0 Å². The van der Waals surface area contributed by atoms with E-state index in [4.69, 9.17) is 0 Å². The fourth-order valence-corrected chi connectivity index (χ4v) is 5.12. The van der Waals surface area contributed by atoms with Crippen LogP contribution in [0.3, 0.4) is 0 Å². The summed E-state index contributed by atoms with van der Waals surface area (Å²) >= 11 is 0. The quantitative estimate of drug-likeness (QED) is 0.111. The number of hydrogen-bond acceptors (Lipinski definition) is 0. The lowest BCUT2D eigenvalue weighted by Crippen LogP contribution is -2.81. The lowest BCUT2D eigenvalue weighted by Gasteiger charge is -2.44. The van der Waals surface area contributed by atoms with E-state index in [1.807, 2.05) is 0 Å². The molecule has 0 aliphatic carbocycles. The summed E-state index contributed by atoms with van der Waals surface area (Å²) in [6.45, 7) is 3.27. The van der Waals surface area contributed by atoms with Gasteiger partial charge in [-0.2, -0.15) is 0 Å². The van der Waals surface area contributed by atoms with Crippen molar-refractivity contribution in [3.63, 3.8) is 0 Å². The maximum atomic E-state index is 15.4. The summed E-state index contributed by atoms with van der Waals surface area (Å²) in [4.78, 5) is 0. The Morgan fingerprint density at radius 3 is 0.540 bits per heavy atom. The molecule has 4 aromatic rings. The first-order chi connectivity index (χ1) is 23.1. The molecule has 0 atom stereocenters. The molecule has 0 aliphatic rings. The minimum absolute atomic E-state index is 1.09. The summed E-state index contributed by atoms with van der Waals surface area (Å²) < 4.78 is 294. The standard InChI is InChI=1S/C24BF20.C4H11N/c26-5-1(6(27)14(35)21(42)13(5)34)25(2-7(28)15(36)22(43)16(37)8(2)29,3-9(30)17(38)23(44)18(39)10(3)31)4-11(32)19(40)24(45)20(41)12(4)33;1-2-3-4-5/h;2-5H2,1H3/q-1;/p+1. The Labute approximate surface area is 264 Å². The molecule has 0 amide bonds. The van der Waals surface area contributed by atoms with Crippen LogP contribution >= 0.6 is 0 Å². The molecule has 0 saturated heterocycles. The van der Waals surface area contributed by atoms with Gasteiger partial charge in [-0.1, -0.05) is 13.3 Å². The monoisotopic (exact) mass is 753 g/mol. The summed E-state index contributed by atoms with van der Waals surface area (Å²) in [6, 6.07) is 0. The second kappa shape index (κ2) is 14.4. The van der Waals surface area contributed by atoms with E-state index in [0.717, 1.165) is 6.54 Å². The Bertz CT molecular complexity index is 1630. The van der Waals surface area contributed by atoms with Gasteiger partial charge in [0.15, 0.2) is 69.8 Å². The van der Waals surface area contributed by atoms with Crippen molar-refractivity contribution < 1.29 is 93.5 Å². The summed E-state index contributed by atoms with van der Waals surface area (Å²) in [6.07, 6.45) is -4.66. The van der Waals surface area contributed by atoms with Gasteiger partial charge >= 0.3 is 0 Å². The Balaban J connectivity index is 0.00000126. The van der Waals surface area contributed by atoms with Gasteiger partial charge in [0.05, 0.1) is 6.54 Å². The molecule has 22 heteroatoms. The number of benzene rings is 4. The van der Waals surface area contributed by atoms with Crippen LogP contribution in [0.15, 0.2) is 0 Å². The molecule has 50 heavy (non-hydrogen) atoms. The number of rotatable bonds is 6. The largest absolute Gasteiger partial charge is 0.358 e. The molecule has 0 unspecified atom stereocenters. The number of quaternary nitrogens is 1. The number of halogens is 20. The molecular formula is C28H12BF20N. The van der Waals surface area contributed by atoms with Gasteiger partial charge in [0.2, 0.25) is 0 Å². The van der Waals surface area contributed by atoms with E-state index in [-0.39, 0.29) is 0 Å². The molecule has 0 saturated carbocycles. The second-order valence-corrected chi connectivity index (χ2v) is 10.0. The minimum Gasteiger partial charge on any atom is -0.358 e. The van der Waals surface area contributed by atoms with Crippen LogP contribution in [0.1, 0.15) is 19.8 Å². The molecule has 272 valence electrons. The third kappa shape index (κ3) is 5.69. The predicted molar refractivity (Wildman–Crippen MR) is 132 cm³/mol. The molecule has 0 aromatic heterocycles. The van der Waals surface area contributed by atoms with Crippen molar-refractivity contribution in [3.8, 4) is 0 Å². The fraction of sp³-hybridized carbons (Fsp3) is 0.143. The Morgan fingerprint density at radius 2 is 0.440 bits per heavy atom. The Morgan fingerprint density at radius 1 is 0.300 bits per heavy atom. The van der Waals surface area contributed by atoms with Crippen molar-refractivity contribution in [2.24, 2.45) is 0 Å². The van der Waals surface area contributed by atoms with Crippen LogP contribution < -0.4 is 27.6 Å². The highest BCUT2D eigenvalue weighted by Crippen LogP contribution is 2.30. The lowest BCUT2D eigenvalue weighted by molar-refractivity contribution is -0.368. The third-order valence-corrected chi connectivity index (χ3v) is 7.31. The van der Waals surface area contributed by atoms with Gasteiger partial charge in [-0.15, -0.1) is 21.9 Å². The summed E-state index contributed by atoms with van der Waals surface area (Å²) in [5, 5.41) is 0. The predicted octanol–water partition coefficient (Wildman–Crippen LogP) is 5.87. The summed E-state index contributed by atoms with van der Waals surface area (Å²) in [5.74, 6) is -71.4. The van der Waals surface area contributed by atoms with Gasteiger partial charge in [-0.05, 0) is 6.42 Å². The Kier molecular flexibility index (Phi) is 11.5. The van der Waals surface area contributed by atoms with Crippen molar-refractivity contribution in [2.75, 3.05) is 6.54 Å². The van der Waals surface area contributed by atoms with Crippen molar-refractivity contribution in [1.82, 2.24) is 0 Å². The van der Waals surface area contributed by atoms with E-state index in [1.165, 1.54) is 12.8 Å². The molecule has 0 aliphatic heterocycles. The maximum Gasteiger partial charge on any atom is 0.200 e. The van der Waals surface area contributed by atoms with Crippen molar-refractivity contribution in [3.05, 3.63) is 116 Å². The van der Waals surface area contributed by atoms with E-state index < -0.39 is 144 Å². The molecule has 0 heterocycles. The zero-order valence-electron chi connectivity index (χ0n) is 24.0. The first kappa shape index (κ1) is 39.9. The van der Waals surface area contributed by atoms with Gasteiger partial charge in [0.1, 0.15) is 52.7 Å². The van der Waals surface area contributed by atoms with Gasteiger partial charge in [0.25, 0.3) is 0 Å².